The van der Waals surface area contributed by atoms with Crippen LogP contribution >= 0.6 is 0 Å². The maximum atomic E-state index is 12.2. The van der Waals surface area contributed by atoms with Crippen LogP contribution in [0.4, 0.5) is 5.69 Å². The average Bonchev–Trinajstić information content (AvgIpc) is 2.77. The predicted molar refractivity (Wildman–Crippen MR) is 112 cm³/mol. The van der Waals surface area contributed by atoms with E-state index >= 15 is 0 Å². The lowest BCUT2D eigenvalue weighted by molar-refractivity contribution is -0.111. The topological polar surface area (TPSA) is 69.7 Å². The van der Waals surface area contributed by atoms with Gasteiger partial charge >= 0.3 is 0 Å². The fourth-order valence-electron chi connectivity index (χ4n) is 2.60. The summed E-state index contributed by atoms with van der Waals surface area (Å²) >= 11 is 0. The molecule has 6 nitrogen and oxygen atoms in total. The monoisotopic (exact) mass is 390 g/mol. The van der Waals surface area contributed by atoms with Gasteiger partial charge in [0, 0.05) is 35.8 Å². The maximum absolute atomic E-state index is 12.2. The Morgan fingerprint density at radius 1 is 1.03 bits per heavy atom. The second kappa shape index (κ2) is 9.94. The molecule has 1 heterocycles. The first kappa shape index (κ1) is 19.9. The van der Waals surface area contributed by atoms with E-state index < -0.39 is 0 Å². The van der Waals surface area contributed by atoms with Gasteiger partial charge in [0.2, 0.25) is 5.91 Å². The summed E-state index contributed by atoms with van der Waals surface area (Å²) in [6.45, 7) is 0.455. The van der Waals surface area contributed by atoms with Gasteiger partial charge in [0.25, 0.3) is 0 Å². The summed E-state index contributed by atoms with van der Waals surface area (Å²) in [6.07, 6.45) is 6.71. The first-order valence-electron chi connectivity index (χ1n) is 9.01. The highest BCUT2D eigenvalue weighted by atomic mass is 16.5. The van der Waals surface area contributed by atoms with E-state index in [1.807, 2.05) is 36.4 Å². The summed E-state index contributed by atoms with van der Waals surface area (Å²) in [5.41, 5.74) is 2.51. The number of carbonyl (C=O) groups excluding carboxylic acids is 1. The highest BCUT2D eigenvalue weighted by Gasteiger charge is 2.06. The number of benzene rings is 2. The van der Waals surface area contributed by atoms with Crippen LogP contribution in [-0.2, 0) is 11.4 Å². The molecule has 1 amide bonds. The van der Waals surface area contributed by atoms with E-state index in [-0.39, 0.29) is 5.91 Å². The molecule has 3 aromatic rings. The number of hydrogen-bond donors (Lipinski definition) is 1. The van der Waals surface area contributed by atoms with Crippen LogP contribution in [0, 0.1) is 0 Å². The number of hydrogen-bond acceptors (Lipinski definition) is 5. The molecule has 0 unspecified atom stereocenters. The zero-order valence-electron chi connectivity index (χ0n) is 16.3. The van der Waals surface area contributed by atoms with Crippen LogP contribution in [0.15, 0.2) is 73.1 Å². The first-order valence-corrected chi connectivity index (χ1v) is 9.01. The molecule has 2 aromatic carbocycles. The van der Waals surface area contributed by atoms with Crippen molar-refractivity contribution in [2.75, 3.05) is 19.5 Å². The predicted octanol–water partition coefficient (Wildman–Crippen LogP) is 4.33. The highest BCUT2D eigenvalue weighted by Crippen LogP contribution is 2.29. The van der Waals surface area contributed by atoms with Crippen LogP contribution in [0.1, 0.15) is 11.1 Å². The van der Waals surface area contributed by atoms with Gasteiger partial charge < -0.3 is 19.5 Å². The first-order chi connectivity index (χ1) is 14.2. The molecule has 6 heteroatoms. The van der Waals surface area contributed by atoms with Crippen LogP contribution in [0.2, 0.25) is 0 Å². The Balaban J connectivity index is 1.54. The quantitative estimate of drug-likeness (QED) is 0.580. The van der Waals surface area contributed by atoms with Crippen molar-refractivity contribution in [3.8, 4) is 17.2 Å². The minimum atomic E-state index is -0.242. The summed E-state index contributed by atoms with van der Waals surface area (Å²) in [4.78, 5) is 16.2. The molecule has 29 heavy (non-hydrogen) atoms. The third-order valence-corrected chi connectivity index (χ3v) is 4.09. The van der Waals surface area contributed by atoms with Crippen molar-refractivity contribution < 1.29 is 19.0 Å². The molecule has 0 saturated carbocycles. The van der Waals surface area contributed by atoms with Gasteiger partial charge in [0.15, 0.2) is 11.5 Å². The third-order valence-electron chi connectivity index (χ3n) is 4.09. The Hall–Kier alpha value is -3.80. The molecule has 148 valence electrons. The summed E-state index contributed by atoms with van der Waals surface area (Å²) in [5.74, 6) is 1.66. The van der Waals surface area contributed by atoms with Crippen LogP contribution < -0.4 is 19.5 Å². The second-order valence-electron chi connectivity index (χ2n) is 6.11. The van der Waals surface area contributed by atoms with Gasteiger partial charge in [-0.2, -0.15) is 0 Å². The summed E-state index contributed by atoms with van der Waals surface area (Å²) in [7, 11) is 3.11. The lowest BCUT2D eigenvalue weighted by atomic mass is 10.2. The van der Waals surface area contributed by atoms with E-state index in [1.54, 1.807) is 50.9 Å². The molecule has 0 saturated heterocycles. The van der Waals surface area contributed by atoms with Crippen molar-refractivity contribution in [1.82, 2.24) is 4.98 Å². The van der Waals surface area contributed by atoms with Crippen molar-refractivity contribution in [2.24, 2.45) is 0 Å². The number of aromatic nitrogens is 1. The van der Waals surface area contributed by atoms with Gasteiger partial charge in [-0.15, -0.1) is 0 Å². The molecule has 0 atom stereocenters. The number of rotatable bonds is 8. The summed E-state index contributed by atoms with van der Waals surface area (Å²) in [6, 6.07) is 16.5. The van der Waals surface area contributed by atoms with Crippen LogP contribution in [-0.4, -0.2) is 25.1 Å². The standard InChI is InChI=1S/C23H22N2O4/c1-27-21-11-8-19(14-22(21)28-2)25-23(26)12-7-17-5-9-20(10-6-17)29-16-18-4-3-13-24-15-18/h3-15H,16H2,1-2H3,(H,25,26)/b12-7+. The number of pyridine rings is 1. The van der Waals surface area contributed by atoms with Crippen molar-refractivity contribution in [1.29, 1.82) is 0 Å². The molecule has 1 N–H and O–H groups in total. The minimum absolute atomic E-state index is 0.242. The van der Waals surface area contributed by atoms with Gasteiger partial charge in [-0.05, 0) is 42.0 Å². The summed E-state index contributed by atoms with van der Waals surface area (Å²) in [5, 5.41) is 2.80. The number of anilines is 1. The smallest absolute Gasteiger partial charge is 0.248 e. The molecule has 0 fully saturated rings. The molecule has 0 aliphatic heterocycles. The Labute approximate surface area is 169 Å². The van der Waals surface area contributed by atoms with Crippen LogP contribution in [0.25, 0.3) is 6.08 Å². The van der Waals surface area contributed by atoms with Gasteiger partial charge in [-0.25, -0.2) is 0 Å². The highest BCUT2D eigenvalue weighted by molar-refractivity contribution is 6.02. The van der Waals surface area contributed by atoms with Gasteiger partial charge in [0.1, 0.15) is 12.4 Å². The third kappa shape index (κ3) is 5.84. The number of nitrogens with zero attached hydrogens (tertiary/aromatic N) is 1. The number of methoxy groups -OCH3 is 2. The SMILES string of the molecule is COc1ccc(NC(=O)/C=C/c2ccc(OCc3cccnc3)cc2)cc1OC. The van der Waals surface area contributed by atoms with Gasteiger partial charge in [-0.3, -0.25) is 9.78 Å². The Morgan fingerprint density at radius 2 is 1.83 bits per heavy atom. The van der Waals surface area contributed by atoms with Gasteiger partial charge in [0.05, 0.1) is 14.2 Å². The van der Waals surface area contributed by atoms with Crippen LogP contribution in [0.5, 0.6) is 17.2 Å². The van der Waals surface area contributed by atoms with E-state index in [4.69, 9.17) is 14.2 Å². The summed E-state index contributed by atoms with van der Waals surface area (Å²) < 4.78 is 16.2. The molecule has 1 aromatic heterocycles. The van der Waals surface area contributed by atoms with E-state index in [0.717, 1.165) is 16.9 Å². The molecule has 0 aliphatic rings. The largest absolute Gasteiger partial charge is 0.493 e. The minimum Gasteiger partial charge on any atom is -0.493 e. The zero-order valence-corrected chi connectivity index (χ0v) is 16.3. The van der Waals surface area contributed by atoms with Gasteiger partial charge in [-0.1, -0.05) is 18.2 Å². The van der Waals surface area contributed by atoms with Crippen molar-refractivity contribution in [3.63, 3.8) is 0 Å². The van der Waals surface area contributed by atoms with Crippen LogP contribution in [0.3, 0.4) is 0 Å². The number of nitrogens with one attached hydrogen (secondary N) is 1. The van der Waals surface area contributed by atoms with E-state index in [0.29, 0.717) is 23.8 Å². The zero-order chi connectivity index (χ0) is 20.5. The number of amides is 1. The molecule has 0 radical (unpaired) electrons. The van der Waals surface area contributed by atoms with Crippen molar-refractivity contribution in [3.05, 3.63) is 84.2 Å². The maximum Gasteiger partial charge on any atom is 0.248 e. The average molecular weight is 390 g/mol. The van der Waals surface area contributed by atoms with Crippen molar-refractivity contribution >= 4 is 17.7 Å². The Morgan fingerprint density at radius 3 is 2.52 bits per heavy atom. The molecule has 0 aliphatic carbocycles. The number of ether oxygens (including phenoxy) is 3. The van der Waals surface area contributed by atoms with Crippen molar-refractivity contribution in [2.45, 2.75) is 6.61 Å². The lowest BCUT2D eigenvalue weighted by Gasteiger charge is -2.09. The molecule has 0 bridgehead atoms. The Bertz CT molecular complexity index is 970. The fourth-order valence-corrected chi connectivity index (χ4v) is 2.60. The Kier molecular flexibility index (Phi) is 6.84. The normalized spacial score (nSPS) is 10.6. The van der Waals surface area contributed by atoms with E-state index in [2.05, 4.69) is 10.3 Å². The molecular weight excluding hydrogens is 368 g/mol. The molecule has 3 rings (SSSR count). The van der Waals surface area contributed by atoms with E-state index in [9.17, 15) is 4.79 Å². The molecular formula is C23H22N2O4. The second-order valence-corrected chi connectivity index (χ2v) is 6.11. The lowest BCUT2D eigenvalue weighted by Crippen LogP contribution is -2.07. The number of carbonyl (C=O) groups is 1. The fraction of sp³-hybridized carbons (Fsp3) is 0.130. The van der Waals surface area contributed by atoms with E-state index in [1.165, 1.54) is 6.08 Å². The molecule has 0 spiro atoms.